The molecule has 0 saturated carbocycles. The van der Waals surface area contributed by atoms with Crippen LogP contribution in [0, 0.1) is 11.8 Å². The molecule has 2 saturated heterocycles. The average molecular weight is 340 g/mol. The van der Waals surface area contributed by atoms with Crippen molar-refractivity contribution in [3.8, 4) is 0 Å². The number of fused-ring (bicyclic) bond motifs is 1. The van der Waals surface area contributed by atoms with Crippen LogP contribution in [0.15, 0.2) is 24.4 Å². The third-order valence-electron chi connectivity index (χ3n) is 5.91. The number of rotatable bonds is 3. The number of hydrogen-bond acceptors (Lipinski definition) is 3. The summed E-state index contributed by atoms with van der Waals surface area (Å²) in [6, 6.07) is 5.83. The van der Waals surface area contributed by atoms with E-state index < -0.39 is 0 Å². The minimum Gasteiger partial charge on any atom is -0.338 e. The molecule has 2 aliphatic rings. The van der Waals surface area contributed by atoms with Crippen molar-refractivity contribution in [1.29, 1.82) is 0 Å². The van der Waals surface area contributed by atoms with E-state index in [-0.39, 0.29) is 5.91 Å². The van der Waals surface area contributed by atoms with Gasteiger partial charge in [0, 0.05) is 25.0 Å². The van der Waals surface area contributed by atoms with Gasteiger partial charge >= 0.3 is 0 Å². The van der Waals surface area contributed by atoms with Crippen molar-refractivity contribution in [2.24, 2.45) is 11.8 Å². The van der Waals surface area contributed by atoms with Gasteiger partial charge in [0.2, 0.25) is 0 Å². The van der Waals surface area contributed by atoms with Gasteiger partial charge in [-0.1, -0.05) is 13.0 Å². The molecule has 134 valence electrons. The molecule has 1 N–H and O–H groups in total. The molecule has 0 unspecified atom stereocenters. The highest BCUT2D eigenvalue weighted by molar-refractivity contribution is 6.06. The Morgan fingerprint density at radius 1 is 1.24 bits per heavy atom. The Bertz CT molecular complexity index is 732. The van der Waals surface area contributed by atoms with E-state index in [0.29, 0.717) is 5.92 Å². The first-order valence-corrected chi connectivity index (χ1v) is 9.64. The number of carbonyl (C=O) groups excluding carboxylic acids is 1. The molecule has 2 fully saturated rings. The first-order chi connectivity index (χ1) is 12.2. The van der Waals surface area contributed by atoms with Crippen molar-refractivity contribution in [3.05, 3.63) is 30.0 Å². The molecule has 1 amide bonds. The van der Waals surface area contributed by atoms with Gasteiger partial charge in [-0.05, 0) is 62.7 Å². The topological polar surface area (TPSA) is 52.2 Å². The van der Waals surface area contributed by atoms with Crippen LogP contribution in [0.4, 0.5) is 0 Å². The van der Waals surface area contributed by atoms with Gasteiger partial charge in [0.25, 0.3) is 5.91 Å². The molecule has 0 spiro atoms. The Morgan fingerprint density at radius 2 is 2.08 bits per heavy atom. The lowest BCUT2D eigenvalue weighted by Gasteiger charge is -2.38. The van der Waals surface area contributed by atoms with Gasteiger partial charge in [-0.2, -0.15) is 5.10 Å². The van der Waals surface area contributed by atoms with Crippen LogP contribution in [0.25, 0.3) is 10.9 Å². The van der Waals surface area contributed by atoms with Crippen LogP contribution in [0.1, 0.15) is 43.0 Å². The first-order valence-electron chi connectivity index (χ1n) is 9.64. The van der Waals surface area contributed by atoms with Crippen LogP contribution in [-0.2, 0) is 0 Å². The molecule has 3 heterocycles. The summed E-state index contributed by atoms with van der Waals surface area (Å²) in [6.45, 7) is 7.71. The van der Waals surface area contributed by atoms with E-state index >= 15 is 0 Å². The lowest BCUT2D eigenvalue weighted by molar-refractivity contribution is 0.0624. The summed E-state index contributed by atoms with van der Waals surface area (Å²) < 4.78 is 0. The smallest absolute Gasteiger partial charge is 0.254 e. The summed E-state index contributed by atoms with van der Waals surface area (Å²) in [7, 11) is 0. The number of nitrogens with zero attached hydrogens (tertiary/aromatic N) is 3. The second-order valence-corrected chi connectivity index (χ2v) is 7.88. The molecule has 4 rings (SSSR count). The Hall–Kier alpha value is -1.88. The fraction of sp³-hybridized carbons (Fsp3) is 0.600. The van der Waals surface area contributed by atoms with E-state index in [2.05, 4.69) is 26.9 Å². The molecule has 5 heteroatoms. The van der Waals surface area contributed by atoms with Gasteiger partial charge in [-0.3, -0.25) is 9.89 Å². The van der Waals surface area contributed by atoms with E-state index in [0.717, 1.165) is 48.4 Å². The Kier molecular flexibility index (Phi) is 4.75. The standard InChI is InChI=1S/C20H28N4O/c1-15-7-10-23(11-8-15)13-16-4-3-9-24(14-16)20(25)17-5-2-6-19-18(17)12-21-22-19/h2,5-6,12,15-16H,3-4,7-11,13-14H2,1H3,(H,21,22)/t16-/m0/s1. The number of amides is 1. The minimum absolute atomic E-state index is 0.156. The number of aromatic amines is 1. The van der Waals surface area contributed by atoms with Crippen molar-refractivity contribution < 1.29 is 4.79 Å². The van der Waals surface area contributed by atoms with Crippen LogP contribution >= 0.6 is 0 Å². The highest BCUT2D eigenvalue weighted by Crippen LogP contribution is 2.24. The Balaban J connectivity index is 1.42. The predicted octanol–water partition coefficient (Wildman–Crippen LogP) is 3.15. The third kappa shape index (κ3) is 3.56. The molecule has 25 heavy (non-hydrogen) atoms. The maximum atomic E-state index is 13.1. The van der Waals surface area contributed by atoms with Crippen LogP contribution in [0.2, 0.25) is 0 Å². The van der Waals surface area contributed by atoms with Crippen molar-refractivity contribution >= 4 is 16.8 Å². The SMILES string of the molecule is CC1CCN(C[C@@H]2CCCN(C(=O)c3cccc4[nH]ncc34)C2)CC1. The van der Waals surface area contributed by atoms with Gasteiger partial charge in [-0.25, -0.2) is 0 Å². The second-order valence-electron chi connectivity index (χ2n) is 7.88. The first kappa shape index (κ1) is 16.6. The lowest BCUT2D eigenvalue weighted by atomic mass is 9.94. The van der Waals surface area contributed by atoms with Gasteiger partial charge in [0.05, 0.1) is 17.3 Å². The summed E-state index contributed by atoms with van der Waals surface area (Å²) in [5.74, 6) is 1.63. The zero-order valence-corrected chi connectivity index (χ0v) is 15.1. The quantitative estimate of drug-likeness (QED) is 0.934. The van der Waals surface area contributed by atoms with E-state index in [4.69, 9.17) is 0 Å². The number of carbonyl (C=O) groups is 1. The summed E-state index contributed by atoms with van der Waals surface area (Å²) in [5.41, 5.74) is 1.71. The van der Waals surface area contributed by atoms with Crippen LogP contribution in [-0.4, -0.2) is 58.6 Å². The number of likely N-dealkylation sites (tertiary alicyclic amines) is 2. The average Bonchev–Trinajstić information content (AvgIpc) is 3.12. The van der Waals surface area contributed by atoms with Gasteiger partial charge in [0.15, 0.2) is 0 Å². The molecule has 2 aliphatic heterocycles. The molecule has 0 bridgehead atoms. The van der Waals surface area contributed by atoms with E-state index in [1.807, 2.05) is 18.2 Å². The van der Waals surface area contributed by atoms with E-state index in [1.165, 1.54) is 32.4 Å². The number of benzene rings is 1. The minimum atomic E-state index is 0.156. The fourth-order valence-corrected chi connectivity index (χ4v) is 4.33. The monoisotopic (exact) mass is 340 g/mol. The highest BCUT2D eigenvalue weighted by Gasteiger charge is 2.27. The molecule has 0 radical (unpaired) electrons. The molecule has 0 aliphatic carbocycles. The molecule has 1 atom stereocenters. The zero-order chi connectivity index (χ0) is 17.2. The molecule has 1 aromatic carbocycles. The van der Waals surface area contributed by atoms with Crippen LogP contribution in [0.3, 0.4) is 0 Å². The molecule has 1 aromatic heterocycles. The second kappa shape index (κ2) is 7.16. The summed E-state index contributed by atoms with van der Waals surface area (Å²) >= 11 is 0. The molecular weight excluding hydrogens is 312 g/mol. The third-order valence-corrected chi connectivity index (χ3v) is 5.91. The molecule has 5 nitrogen and oxygen atoms in total. The van der Waals surface area contributed by atoms with Crippen molar-refractivity contribution in [3.63, 3.8) is 0 Å². The van der Waals surface area contributed by atoms with Gasteiger partial charge < -0.3 is 9.80 Å². The number of H-pyrrole nitrogens is 1. The Labute approximate surface area is 149 Å². The van der Waals surface area contributed by atoms with Crippen LogP contribution < -0.4 is 0 Å². The number of piperidine rings is 2. The van der Waals surface area contributed by atoms with Gasteiger partial charge in [-0.15, -0.1) is 0 Å². The van der Waals surface area contributed by atoms with Crippen LogP contribution in [0.5, 0.6) is 0 Å². The summed E-state index contributed by atoms with van der Waals surface area (Å²) in [4.78, 5) is 17.7. The normalized spacial score (nSPS) is 23.2. The maximum absolute atomic E-state index is 13.1. The summed E-state index contributed by atoms with van der Waals surface area (Å²) in [5, 5.41) is 7.97. The largest absolute Gasteiger partial charge is 0.338 e. The number of nitrogens with one attached hydrogen (secondary N) is 1. The highest BCUT2D eigenvalue weighted by atomic mass is 16.2. The van der Waals surface area contributed by atoms with Crippen molar-refractivity contribution in [2.75, 3.05) is 32.7 Å². The Morgan fingerprint density at radius 3 is 2.92 bits per heavy atom. The lowest BCUT2D eigenvalue weighted by Crippen LogP contribution is -2.45. The predicted molar refractivity (Wildman–Crippen MR) is 99.6 cm³/mol. The number of aromatic nitrogens is 2. The van der Waals surface area contributed by atoms with E-state index in [1.54, 1.807) is 6.20 Å². The zero-order valence-electron chi connectivity index (χ0n) is 15.1. The summed E-state index contributed by atoms with van der Waals surface area (Å²) in [6.07, 6.45) is 6.75. The maximum Gasteiger partial charge on any atom is 0.254 e. The van der Waals surface area contributed by atoms with Crippen molar-refractivity contribution in [2.45, 2.75) is 32.6 Å². The molecule has 2 aromatic rings. The fourth-order valence-electron chi connectivity index (χ4n) is 4.33. The van der Waals surface area contributed by atoms with Gasteiger partial charge in [0.1, 0.15) is 0 Å². The van der Waals surface area contributed by atoms with Crippen molar-refractivity contribution in [1.82, 2.24) is 20.0 Å². The van der Waals surface area contributed by atoms with E-state index in [9.17, 15) is 4.79 Å². The number of hydrogen-bond donors (Lipinski definition) is 1. The molecular formula is C20H28N4O.